The number of amides is 1. The zero-order valence-corrected chi connectivity index (χ0v) is 7.52. The average molecular weight is 190 g/mol. The van der Waals surface area contributed by atoms with Crippen LogP contribution in [0, 0.1) is 0 Å². The number of hydrogen-bond acceptors (Lipinski definition) is 3. The molecule has 0 aromatic heterocycles. The molecular formula is C9H6N2OS. The Hall–Kier alpha value is -1.51. The van der Waals surface area contributed by atoms with Gasteiger partial charge in [0.2, 0.25) is 5.91 Å². The Morgan fingerprint density at radius 2 is 2.38 bits per heavy atom. The number of carbonyl (C=O) groups is 1. The second kappa shape index (κ2) is 3.09. The minimum atomic E-state index is 0.0264. The standard InChI is InChI=1S/C9H6N2OS/c12-9-3-6-1-2-7(10-5-13)4-8(6)11-9/h1-2,4H,3H2,(H,11,12). The molecular weight excluding hydrogens is 184 g/mol. The van der Waals surface area contributed by atoms with Crippen molar-refractivity contribution in [1.82, 2.24) is 0 Å². The number of hydrogen-bond donors (Lipinski definition) is 1. The fourth-order valence-corrected chi connectivity index (χ4v) is 1.43. The molecule has 1 aromatic carbocycles. The maximum absolute atomic E-state index is 11.0. The molecule has 13 heavy (non-hydrogen) atoms. The second-order valence-corrected chi connectivity index (χ2v) is 2.95. The highest BCUT2D eigenvalue weighted by Gasteiger charge is 2.16. The number of anilines is 1. The molecule has 64 valence electrons. The lowest BCUT2D eigenvalue weighted by atomic mass is 10.1. The van der Waals surface area contributed by atoms with Gasteiger partial charge in [0.1, 0.15) is 0 Å². The Bertz CT molecular complexity index is 422. The summed E-state index contributed by atoms with van der Waals surface area (Å²) < 4.78 is 0. The number of isothiocyanates is 1. The smallest absolute Gasteiger partial charge is 0.228 e. The summed E-state index contributed by atoms with van der Waals surface area (Å²) in [5.41, 5.74) is 2.56. The van der Waals surface area contributed by atoms with E-state index in [0.29, 0.717) is 6.42 Å². The molecule has 1 heterocycles. The summed E-state index contributed by atoms with van der Waals surface area (Å²) in [4.78, 5) is 14.8. The van der Waals surface area contributed by atoms with E-state index in [1.54, 1.807) is 6.07 Å². The van der Waals surface area contributed by atoms with Crippen molar-refractivity contribution in [2.24, 2.45) is 4.99 Å². The quantitative estimate of drug-likeness (QED) is 0.543. The second-order valence-electron chi connectivity index (χ2n) is 2.77. The molecule has 0 saturated heterocycles. The van der Waals surface area contributed by atoms with Gasteiger partial charge in [-0.3, -0.25) is 4.79 Å². The lowest BCUT2D eigenvalue weighted by molar-refractivity contribution is -0.115. The van der Waals surface area contributed by atoms with E-state index in [2.05, 4.69) is 27.7 Å². The normalized spacial score (nSPS) is 13.1. The number of aliphatic imine (C=N–C) groups is 1. The van der Waals surface area contributed by atoms with Crippen LogP contribution < -0.4 is 5.32 Å². The van der Waals surface area contributed by atoms with Crippen LogP contribution in [-0.4, -0.2) is 11.1 Å². The summed E-state index contributed by atoms with van der Waals surface area (Å²) in [6.45, 7) is 0. The number of fused-ring (bicyclic) bond motifs is 1. The van der Waals surface area contributed by atoms with E-state index in [-0.39, 0.29) is 5.91 Å². The summed E-state index contributed by atoms with van der Waals surface area (Å²) in [5.74, 6) is 0.0264. The Balaban J connectivity index is 2.45. The van der Waals surface area contributed by atoms with E-state index in [9.17, 15) is 4.79 Å². The molecule has 1 aromatic rings. The molecule has 4 heteroatoms. The number of thiocarbonyl (C=S) groups is 1. The molecule has 1 N–H and O–H groups in total. The topological polar surface area (TPSA) is 41.5 Å². The fraction of sp³-hybridized carbons (Fsp3) is 0.111. The average Bonchev–Trinajstić information content (AvgIpc) is 2.44. The van der Waals surface area contributed by atoms with Crippen LogP contribution in [0.2, 0.25) is 0 Å². The van der Waals surface area contributed by atoms with Crippen LogP contribution in [0.4, 0.5) is 11.4 Å². The van der Waals surface area contributed by atoms with Crippen LogP contribution in [0.5, 0.6) is 0 Å². The molecule has 0 saturated carbocycles. The van der Waals surface area contributed by atoms with Crippen LogP contribution in [0.3, 0.4) is 0 Å². The van der Waals surface area contributed by atoms with Crippen molar-refractivity contribution in [3.63, 3.8) is 0 Å². The first kappa shape index (κ1) is 8.10. The van der Waals surface area contributed by atoms with Gasteiger partial charge in [-0.05, 0) is 29.9 Å². The van der Waals surface area contributed by atoms with Crippen LogP contribution >= 0.6 is 12.2 Å². The molecule has 1 aliphatic rings. The predicted octanol–water partition coefficient (Wildman–Crippen LogP) is 1.92. The summed E-state index contributed by atoms with van der Waals surface area (Å²) in [7, 11) is 0. The van der Waals surface area contributed by atoms with E-state index in [1.165, 1.54) is 0 Å². The van der Waals surface area contributed by atoms with Crippen LogP contribution in [0.1, 0.15) is 5.56 Å². The molecule has 0 spiro atoms. The molecule has 0 bridgehead atoms. The summed E-state index contributed by atoms with van der Waals surface area (Å²) in [6, 6.07) is 5.48. The Morgan fingerprint density at radius 1 is 1.54 bits per heavy atom. The van der Waals surface area contributed by atoms with Crippen molar-refractivity contribution < 1.29 is 4.79 Å². The number of benzene rings is 1. The van der Waals surface area contributed by atoms with E-state index in [1.807, 2.05) is 12.1 Å². The monoisotopic (exact) mass is 190 g/mol. The molecule has 3 nitrogen and oxygen atoms in total. The van der Waals surface area contributed by atoms with Gasteiger partial charge in [-0.25, -0.2) is 0 Å². The minimum absolute atomic E-state index is 0.0264. The minimum Gasteiger partial charge on any atom is -0.325 e. The number of nitrogens with one attached hydrogen (secondary N) is 1. The Kier molecular flexibility index (Phi) is 1.93. The molecule has 1 amide bonds. The first-order chi connectivity index (χ1) is 6.29. The van der Waals surface area contributed by atoms with Crippen molar-refractivity contribution in [3.05, 3.63) is 23.8 Å². The number of nitrogens with zero attached hydrogens (tertiary/aromatic N) is 1. The first-order valence-electron chi connectivity index (χ1n) is 3.80. The highest BCUT2D eigenvalue weighted by atomic mass is 32.1. The van der Waals surface area contributed by atoms with E-state index < -0.39 is 0 Å². The highest BCUT2D eigenvalue weighted by Crippen LogP contribution is 2.27. The molecule has 0 fully saturated rings. The third-order valence-electron chi connectivity index (χ3n) is 1.89. The van der Waals surface area contributed by atoms with Crippen molar-refractivity contribution in [2.45, 2.75) is 6.42 Å². The van der Waals surface area contributed by atoms with Gasteiger partial charge in [0.15, 0.2) is 0 Å². The fourth-order valence-electron chi connectivity index (χ4n) is 1.32. The van der Waals surface area contributed by atoms with E-state index >= 15 is 0 Å². The third kappa shape index (κ3) is 1.49. The molecule has 0 unspecified atom stereocenters. The summed E-state index contributed by atoms with van der Waals surface area (Å²) >= 11 is 4.48. The van der Waals surface area contributed by atoms with Crippen molar-refractivity contribution in [1.29, 1.82) is 0 Å². The Labute approximate surface area is 80.5 Å². The third-order valence-corrected chi connectivity index (χ3v) is 1.98. The predicted molar refractivity (Wildman–Crippen MR) is 53.5 cm³/mol. The van der Waals surface area contributed by atoms with Crippen LogP contribution in [0.25, 0.3) is 0 Å². The molecule has 2 rings (SSSR count). The van der Waals surface area contributed by atoms with Crippen molar-refractivity contribution >= 4 is 34.7 Å². The van der Waals surface area contributed by atoms with Gasteiger partial charge in [-0.1, -0.05) is 6.07 Å². The van der Waals surface area contributed by atoms with E-state index in [0.717, 1.165) is 16.9 Å². The summed E-state index contributed by atoms with van der Waals surface area (Å²) in [5, 5.41) is 5.02. The van der Waals surface area contributed by atoms with Crippen LogP contribution in [0.15, 0.2) is 23.2 Å². The van der Waals surface area contributed by atoms with Gasteiger partial charge in [0.25, 0.3) is 0 Å². The Morgan fingerprint density at radius 3 is 3.15 bits per heavy atom. The van der Waals surface area contributed by atoms with Gasteiger partial charge in [0.05, 0.1) is 17.3 Å². The molecule has 0 radical (unpaired) electrons. The maximum Gasteiger partial charge on any atom is 0.228 e. The highest BCUT2D eigenvalue weighted by molar-refractivity contribution is 7.78. The number of rotatable bonds is 1. The first-order valence-corrected chi connectivity index (χ1v) is 4.21. The number of carbonyl (C=O) groups excluding carboxylic acids is 1. The van der Waals surface area contributed by atoms with Gasteiger partial charge in [-0.2, -0.15) is 4.99 Å². The zero-order chi connectivity index (χ0) is 9.26. The van der Waals surface area contributed by atoms with Gasteiger partial charge >= 0.3 is 0 Å². The largest absolute Gasteiger partial charge is 0.325 e. The van der Waals surface area contributed by atoms with Crippen molar-refractivity contribution in [3.8, 4) is 0 Å². The molecule has 1 aliphatic heterocycles. The molecule has 0 aliphatic carbocycles. The van der Waals surface area contributed by atoms with Gasteiger partial charge in [0, 0.05) is 5.69 Å². The SMILES string of the molecule is O=C1Cc2ccc(N=C=S)cc2N1. The van der Waals surface area contributed by atoms with Crippen LogP contribution in [-0.2, 0) is 11.2 Å². The van der Waals surface area contributed by atoms with Crippen molar-refractivity contribution in [2.75, 3.05) is 5.32 Å². The summed E-state index contributed by atoms with van der Waals surface area (Å²) in [6.07, 6.45) is 0.455. The molecule has 0 atom stereocenters. The van der Waals surface area contributed by atoms with Gasteiger partial charge in [-0.15, -0.1) is 0 Å². The lowest BCUT2D eigenvalue weighted by Gasteiger charge is -1.97. The van der Waals surface area contributed by atoms with E-state index in [4.69, 9.17) is 0 Å². The maximum atomic E-state index is 11.0. The lowest BCUT2D eigenvalue weighted by Crippen LogP contribution is -2.03. The zero-order valence-electron chi connectivity index (χ0n) is 6.70. The van der Waals surface area contributed by atoms with Gasteiger partial charge < -0.3 is 5.32 Å².